The third-order valence-electron chi connectivity index (χ3n) is 5.34. The van der Waals surface area contributed by atoms with E-state index in [0.29, 0.717) is 0 Å². The molecular formula is C18H30N4O2. The van der Waals surface area contributed by atoms with Gasteiger partial charge in [-0.3, -0.25) is 9.69 Å². The normalized spacial score (nSPS) is 22.0. The molecule has 2 aliphatic heterocycles. The Balaban J connectivity index is 1.57. The molecule has 0 aromatic carbocycles. The Kier molecular flexibility index (Phi) is 5.58. The van der Waals surface area contributed by atoms with Crippen LogP contribution in [0.15, 0.2) is 18.5 Å². The summed E-state index contributed by atoms with van der Waals surface area (Å²) in [6.45, 7) is 7.58. The average molecular weight is 334 g/mol. The van der Waals surface area contributed by atoms with Crippen LogP contribution in [-0.4, -0.2) is 92.2 Å². The summed E-state index contributed by atoms with van der Waals surface area (Å²) in [4.78, 5) is 22.2. The fourth-order valence-corrected chi connectivity index (χ4v) is 3.74. The third kappa shape index (κ3) is 4.18. The summed E-state index contributed by atoms with van der Waals surface area (Å²) in [6.07, 6.45) is 5.65. The predicted octanol–water partition coefficient (Wildman–Crippen LogP) is 1.13. The van der Waals surface area contributed by atoms with Crippen molar-refractivity contribution in [3.63, 3.8) is 0 Å². The number of carbonyl (C=O) groups excluding carboxylic acids is 1. The Labute approximate surface area is 144 Å². The van der Waals surface area contributed by atoms with Gasteiger partial charge in [0.15, 0.2) is 0 Å². The van der Waals surface area contributed by atoms with Crippen molar-refractivity contribution in [2.24, 2.45) is 5.41 Å². The lowest BCUT2D eigenvalue weighted by molar-refractivity contribution is 0.0147. The van der Waals surface area contributed by atoms with Crippen LogP contribution in [0.3, 0.4) is 0 Å². The third-order valence-corrected chi connectivity index (χ3v) is 5.34. The van der Waals surface area contributed by atoms with Crippen LogP contribution < -0.4 is 0 Å². The molecule has 1 aromatic heterocycles. The lowest BCUT2D eigenvalue weighted by atomic mass is 9.78. The molecule has 0 radical (unpaired) electrons. The van der Waals surface area contributed by atoms with E-state index in [-0.39, 0.29) is 11.3 Å². The Morgan fingerprint density at radius 1 is 1.33 bits per heavy atom. The zero-order chi connectivity index (χ0) is 17.0. The Morgan fingerprint density at radius 3 is 2.79 bits per heavy atom. The molecule has 134 valence electrons. The number of H-pyrrole nitrogens is 1. The van der Waals surface area contributed by atoms with E-state index in [4.69, 9.17) is 4.74 Å². The lowest BCUT2D eigenvalue weighted by Gasteiger charge is -2.42. The molecule has 2 aliphatic rings. The quantitative estimate of drug-likeness (QED) is 0.897. The van der Waals surface area contributed by atoms with Gasteiger partial charge in [-0.05, 0) is 33.0 Å². The first-order chi connectivity index (χ1) is 11.6. The first-order valence-electron chi connectivity index (χ1n) is 8.95. The zero-order valence-electron chi connectivity index (χ0n) is 15.0. The number of rotatable bonds is 4. The Bertz CT molecular complexity index is 521. The van der Waals surface area contributed by atoms with Crippen molar-refractivity contribution in [2.75, 3.05) is 66.6 Å². The second kappa shape index (κ2) is 7.68. The van der Waals surface area contributed by atoms with Crippen molar-refractivity contribution >= 4 is 5.91 Å². The highest BCUT2D eigenvalue weighted by Gasteiger charge is 2.39. The second-order valence-electron chi connectivity index (χ2n) is 7.52. The van der Waals surface area contributed by atoms with Gasteiger partial charge in [-0.2, -0.15) is 0 Å². The standard InChI is InChI=1S/C18H30N4O2/c1-20(2)9-10-21-11-12-24-15-18(14-21)4-7-22(8-5-18)17(23)16-3-6-19-13-16/h3,6,13,19H,4-5,7-12,14-15H2,1-2H3. The number of aromatic amines is 1. The van der Waals surface area contributed by atoms with E-state index in [0.717, 1.165) is 70.9 Å². The number of ether oxygens (including phenoxy) is 1. The Hall–Kier alpha value is -1.37. The van der Waals surface area contributed by atoms with Crippen LogP contribution in [-0.2, 0) is 4.74 Å². The van der Waals surface area contributed by atoms with Gasteiger partial charge in [0.25, 0.3) is 5.91 Å². The number of likely N-dealkylation sites (N-methyl/N-ethyl adjacent to an activating group) is 1. The molecule has 1 N–H and O–H groups in total. The number of hydrogen-bond acceptors (Lipinski definition) is 4. The van der Waals surface area contributed by atoms with E-state index >= 15 is 0 Å². The largest absolute Gasteiger partial charge is 0.379 e. The Morgan fingerprint density at radius 2 is 2.12 bits per heavy atom. The molecule has 0 bridgehead atoms. The van der Waals surface area contributed by atoms with Crippen molar-refractivity contribution < 1.29 is 9.53 Å². The average Bonchev–Trinajstić information content (AvgIpc) is 3.04. The van der Waals surface area contributed by atoms with E-state index in [9.17, 15) is 4.79 Å². The molecule has 0 unspecified atom stereocenters. The van der Waals surface area contributed by atoms with E-state index in [1.807, 2.05) is 11.0 Å². The number of amides is 1. The predicted molar refractivity (Wildman–Crippen MR) is 94.2 cm³/mol. The first kappa shape index (κ1) is 17.5. The maximum atomic E-state index is 12.5. The minimum Gasteiger partial charge on any atom is -0.379 e. The van der Waals surface area contributed by atoms with Crippen molar-refractivity contribution in [3.8, 4) is 0 Å². The number of likely N-dealkylation sites (tertiary alicyclic amines) is 1. The highest BCUT2D eigenvalue weighted by atomic mass is 16.5. The molecule has 2 fully saturated rings. The monoisotopic (exact) mass is 334 g/mol. The molecule has 0 atom stereocenters. The van der Waals surface area contributed by atoms with Gasteiger partial charge < -0.3 is 19.5 Å². The van der Waals surface area contributed by atoms with E-state index < -0.39 is 0 Å². The molecule has 1 aromatic rings. The molecule has 2 saturated heterocycles. The minimum atomic E-state index is 0.144. The topological polar surface area (TPSA) is 51.8 Å². The number of nitrogens with zero attached hydrogens (tertiary/aromatic N) is 3. The van der Waals surface area contributed by atoms with Crippen LogP contribution in [0, 0.1) is 5.41 Å². The van der Waals surface area contributed by atoms with Gasteiger partial charge in [0, 0.05) is 57.1 Å². The highest BCUT2D eigenvalue weighted by Crippen LogP contribution is 2.34. The summed E-state index contributed by atoms with van der Waals surface area (Å²) in [6, 6.07) is 1.85. The number of hydrogen-bond donors (Lipinski definition) is 1. The van der Waals surface area contributed by atoms with Gasteiger partial charge in [0.05, 0.1) is 18.8 Å². The van der Waals surface area contributed by atoms with Crippen molar-refractivity contribution in [2.45, 2.75) is 12.8 Å². The summed E-state index contributed by atoms with van der Waals surface area (Å²) >= 11 is 0. The van der Waals surface area contributed by atoms with E-state index in [1.165, 1.54) is 0 Å². The first-order valence-corrected chi connectivity index (χ1v) is 8.95. The van der Waals surface area contributed by atoms with Gasteiger partial charge in [0.2, 0.25) is 0 Å². The number of carbonyl (C=O) groups is 1. The van der Waals surface area contributed by atoms with Crippen molar-refractivity contribution in [1.82, 2.24) is 19.7 Å². The molecular weight excluding hydrogens is 304 g/mol. The van der Waals surface area contributed by atoms with Crippen LogP contribution in [0.1, 0.15) is 23.2 Å². The lowest BCUT2D eigenvalue weighted by Crippen LogP contribution is -2.49. The van der Waals surface area contributed by atoms with Gasteiger partial charge >= 0.3 is 0 Å². The van der Waals surface area contributed by atoms with E-state index in [1.54, 1.807) is 12.4 Å². The van der Waals surface area contributed by atoms with Gasteiger partial charge in [-0.15, -0.1) is 0 Å². The molecule has 0 aliphatic carbocycles. The molecule has 1 amide bonds. The number of aromatic nitrogens is 1. The van der Waals surface area contributed by atoms with Gasteiger partial charge in [-0.25, -0.2) is 0 Å². The fraction of sp³-hybridized carbons (Fsp3) is 0.722. The smallest absolute Gasteiger partial charge is 0.255 e. The highest BCUT2D eigenvalue weighted by molar-refractivity contribution is 5.94. The summed E-state index contributed by atoms with van der Waals surface area (Å²) in [5, 5.41) is 0. The number of piperidine rings is 1. The van der Waals surface area contributed by atoms with Gasteiger partial charge in [-0.1, -0.05) is 0 Å². The van der Waals surface area contributed by atoms with Crippen molar-refractivity contribution in [1.29, 1.82) is 0 Å². The maximum Gasteiger partial charge on any atom is 0.255 e. The van der Waals surface area contributed by atoms with Crippen LogP contribution in [0.25, 0.3) is 0 Å². The molecule has 1 spiro atoms. The minimum absolute atomic E-state index is 0.144. The maximum absolute atomic E-state index is 12.5. The molecule has 6 heteroatoms. The van der Waals surface area contributed by atoms with Crippen LogP contribution in [0.5, 0.6) is 0 Å². The zero-order valence-corrected chi connectivity index (χ0v) is 15.0. The summed E-state index contributed by atoms with van der Waals surface area (Å²) in [5.41, 5.74) is 0.966. The number of nitrogens with one attached hydrogen (secondary N) is 1. The SMILES string of the molecule is CN(C)CCN1CCOCC2(CCN(C(=O)c3cc[nH]c3)CC2)C1. The molecule has 0 saturated carbocycles. The molecule has 24 heavy (non-hydrogen) atoms. The van der Waals surface area contributed by atoms with Gasteiger partial charge in [0.1, 0.15) is 0 Å². The molecule has 3 rings (SSSR count). The van der Waals surface area contributed by atoms with Crippen LogP contribution in [0.4, 0.5) is 0 Å². The summed E-state index contributed by atoms with van der Waals surface area (Å²) in [7, 11) is 4.24. The fourth-order valence-electron chi connectivity index (χ4n) is 3.74. The van der Waals surface area contributed by atoms with Crippen LogP contribution >= 0.6 is 0 Å². The second-order valence-corrected chi connectivity index (χ2v) is 7.52. The van der Waals surface area contributed by atoms with E-state index in [2.05, 4.69) is 28.9 Å². The van der Waals surface area contributed by atoms with Crippen LogP contribution in [0.2, 0.25) is 0 Å². The summed E-state index contributed by atoms with van der Waals surface area (Å²) in [5.74, 6) is 0.144. The molecule has 6 nitrogen and oxygen atoms in total. The van der Waals surface area contributed by atoms with Crippen molar-refractivity contribution in [3.05, 3.63) is 24.0 Å². The summed E-state index contributed by atoms with van der Waals surface area (Å²) < 4.78 is 5.93. The molecule has 3 heterocycles.